The molecule has 8 nitrogen and oxygen atoms in total. The fourth-order valence-corrected chi connectivity index (χ4v) is 3.51. The average molecular weight is 441 g/mol. The lowest BCUT2D eigenvalue weighted by Gasteiger charge is -2.13. The minimum atomic E-state index is -0.912. The Morgan fingerprint density at radius 3 is 2.69 bits per heavy atom. The fourth-order valence-electron chi connectivity index (χ4n) is 3.51. The average Bonchev–Trinajstić information content (AvgIpc) is 2.77. The molecule has 0 saturated heterocycles. The summed E-state index contributed by atoms with van der Waals surface area (Å²) < 4.78 is 19.9. The lowest BCUT2D eigenvalue weighted by molar-refractivity contribution is -0.120. The van der Waals surface area contributed by atoms with E-state index in [1.807, 2.05) is 0 Å². The molecule has 0 aliphatic carbocycles. The lowest BCUT2D eigenvalue weighted by Crippen LogP contribution is -2.26. The minimum absolute atomic E-state index is 0.0613. The van der Waals surface area contributed by atoms with Crippen molar-refractivity contribution in [3.05, 3.63) is 68.9 Å². The van der Waals surface area contributed by atoms with Gasteiger partial charge in [-0.25, -0.2) is 9.18 Å². The third-order valence-electron chi connectivity index (χ3n) is 5.21. The third-order valence-corrected chi connectivity index (χ3v) is 5.21. The van der Waals surface area contributed by atoms with Gasteiger partial charge in [-0.2, -0.15) is 0 Å². The van der Waals surface area contributed by atoms with Crippen molar-refractivity contribution in [2.24, 2.45) is 7.05 Å². The van der Waals surface area contributed by atoms with Crippen molar-refractivity contribution < 1.29 is 23.8 Å². The number of benzene rings is 1. The molecule has 168 valence electrons. The van der Waals surface area contributed by atoms with E-state index in [4.69, 9.17) is 4.74 Å². The van der Waals surface area contributed by atoms with Crippen LogP contribution in [0.2, 0.25) is 0 Å². The number of carbonyl (C=O) groups excluding carboxylic acids is 2. The van der Waals surface area contributed by atoms with Gasteiger partial charge in [-0.15, -0.1) is 0 Å². The number of carbonyl (C=O) groups is 2. The largest absolute Gasteiger partial charge is 0.505 e. The first-order chi connectivity index (χ1) is 15.3. The summed E-state index contributed by atoms with van der Waals surface area (Å²) >= 11 is 0. The molecule has 2 aromatic heterocycles. The van der Waals surface area contributed by atoms with Gasteiger partial charge in [-0.05, 0) is 54.7 Å². The zero-order valence-electron chi connectivity index (χ0n) is 18.1. The Labute approximate surface area is 183 Å². The molecule has 0 unspecified atom stereocenters. The predicted octanol–water partition coefficient (Wildman–Crippen LogP) is 2.22. The highest BCUT2D eigenvalue weighted by Gasteiger charge is 2.23. The van der Waals surface area contributed by atoms with E-state index < -0.39 is 28.7 Å². The summed E-state index contributed by atoms with van der Waals surface area (Å²) in [6, 6.07) is 6.09. The van der Waals surface area contributed by atoms with Crippen LogP contribution in [0, 0.1) is 5.82 Å². The lowest BCUT2D eigenvalue weighted by atomic mass is 9.97. The topological polar surface area (TPSA) is 111 Å². The van der Waals surface area contributed by atoms with Gasteiger partial charge in [0.05, 0.1) is 12.1 Å². The number of amides is 1. The van der Waals surface area contributed by atoms with E-state index >= 15 is 0 Å². The van der Waals surface area contributed by atoms with Gasteiger partial charge < -0.3 is 19.7 Å². The Hall–Kier alpha value is -3.75. The summed E-state index contributed by atoms with van der Waals surface area (Å²) in [7, 11) is 3.02. The smallest absolute Gasteiger partial charge is 0.347 e. The standard InChI is InChI=1S/C23H24FN3O5/c1-4-32-23(31)19-21(29)20-17(27(3)22(19)30)10-13(12-26-20)9-14-5-7-16(24)11-15(14)6-8-18(28)25-2/h5,7,10-12,29H,4,6,8-9H2,1-3H3,(H,25,28). The van der Waals surface area contributed by atoms with Gasteiger partial charge in [0.2, 0.25) is 5.91 Å². The third kappa shape index (κ3) is 4.61. The molecular weight excluding hydrogens is 417 g/mol. The number of rotatable bonds is 7. The minimum Gasteiger partial charge on any atom is -0.505 e. The first-order valence-electron chi connectivity index (χ1n) is 10.1. The number of aromatic hydroxyl groups is 1. The van der Waals surface area contributed by atoms with Crippen molar-refractivity contribution in [3.8, 4) is 5.75 Å². The first kappa shape index (κ1) is 22.9. The number of halogens is 1. The second-order valence-electron chi connectivity index (χ2n) is 7.28. The predicted molar refractivity (Wildman–Crippen MR) is 116 cm³/mol. The Balaban J connectivity index is 2.01. The van der Waals surface area contributed by atoms with Gasteiger partial charge >= 0.3 is 5.97 Å². The maximum absolute atomic E-state index is 13.8. The van der Waals surface area contributed by atoms with Crippen LogP contribution in [0.15, 0.2) is 35.3 Å². The number of aromatic nitrogens is 2. The van der Waals surface area contributed by atoms with Crippen molar-refractivity contribution in [3.63, 3.8) is 0 Å². The first-order valence-corrected chi connectivity index (χ1v) is 10.1. The van der Waals surface area contributed by atoms with E-state index in [0.717, 1.165) is 5.56 Å². The van der Waals surface area contributed by atoms with E-state index in [9.17, 15) is 23.9 Å². The molecule has 0 radical (unpaired) electrons. The second-order valence-corrected chi connectivity index (χ2v) is 7.28. The molecule has 3 rings (SSSR count). The maximum Gasteiger partial charge on any atom is 0.347 e. The molecule has 0 aliphatic rings. The van der Waals surface area contributed by atoms with Crippen LogP contribution in [0.25, 0.3) is 11.0 Å². The Bertz CT molecular complexity index is 1250. The van der Waals surface area contributed by atoms with Crippen LogP contribution >= 0.6 is 0 Å². The number of nitrogens with one attached hydrogen (secondary N) is 1. The van der Waals surface area contributed by atoms with Crippen LogP contribution in [0.5, 0.6) is 5.75 Å². The van der Waals surface area contributed by atoms with Crippen molar-refractivity contribution in [2.45, 2.75) is 26.2 Å². The molecule has 0 saturated carbocycles. The molecule has 2 N–H and O–H groups in total. The van der Waals surface area contributed by atoms with Crippen molar-refractivity contribution in [1.29, 1.82) is 0 Å². The van der Waals surface area contributed by atoms with E-state index in [2.05, 4.69) is 10.3 Å². The number of pyridine rings is 2. The molecule has 2 heterocycles. The molecule has 0 spiro atoms. The van der Waals surface area contributed by atoms with E-state index in [1.54, 1.807) is 26.1 Å². The van der Waals surface area contributed by atoms with Crippen molar-refractivity contribution in [1.82, 2.24) is 14.9 Å². The zero-order valence-corrected chi connectivity index (χ0v) is 18.1. The van der Waals surface area contributed by atoms with E-state index in [0.29, 0.717) is 29.5 Å². The summed E-state index contributed by atoms with van der Waals surface area (Å²) in [5.41, 5.74) is 1.50. The summed E-state index contributed by atoms with van der Waals surface area (Å²) in [4.78, 5) is 40.6. The summed E-state index contributed by atoms with van der Waals surface area (Å²) in [6.45, 7) is 1.66. The molecular formula is C23H24FN3O5. The van der Waals surface area contributed by atoms with Crippen LogP contribution in [-0.2, 0) is 29.4 Å². The number of ether oxygens (including phenoxy) is 1. The molecule has 0 bridgehead atoms. The molecule has 3 aromatic rings. The van der Waals surface area contributed by atoms with Crippen LogP contribution in [0.1, 0.15) is 40.4 Å². The monoisotopic (exact) mass is 441 g/mol. The number of esters is 1. The summed E-state index contributed by atoms with van der Waals surface area (Å²) in [5.74, 6) is -1.97. The van der Waals surface area contributed by atoms with Crippen molar-refractivity contribution >= 4 is 22.9 Å². The molecule has 1 amide bonds. The Kier molecular flexibility index (Phi) is 6.87. The highest BCUT2D eigenvalue weighted by Crippen LogP contribution is 2.26. The molecule has 0 aliphatic heterocycles. The summed E-state index contributed by atoms with van der Waals surface area (Å²) in [5, 5.41) is 13.0. The quantitative estimate of drug-likeness (QED) is 0.544. The summed E-state index contributed by atoms with van der Waals surface area (Å²) in [6.07, 6.45) is 2.49. The van der Waals surface area contributed by atoms with Crippen LogP contribution in [-0.4, -0.2) is 40.2 Å². The van der Waals surface area contributed by atoms with Gasteiger partial charge in [-0.1, -0.05) is 6.07 Å². The number of fused-ring (bicyclic) bond motifs is 1. The van der Waals surface area contributed by atoms with Crippen molar-refractivity contribution in [2.75, 3.05) is 13.7 Å². The number of hydrogen-bond donors (Lipinski definition) is 2. The fraction of sp³-hybridized carbons (Fsp3) is 0.304. The van der Waals surface area contributed by atoms with Gasteiger partial charge in [0, 0.05) is 26.7 Å². The van der Waals surface area contributed by atoms with Crippen LogP contribution in [0.3, 0.4) is 0 Å². The molecule has 1 aromatic carbocycles. The zero-order chi connectivity index (χ0) is 23.4. The normalized spacial score (nSPS) is 10.9. The number of hydrogen-bond acceptors (Lipinski definition) is 6. The second kappa shape index (κ2) is 9.59. The van der Waals surface area contributed by atoms with Gasteiger partial charge in [0.25, 0.3) is 5.56 Å². The molecule has 9 heteroatoms. The highest BCUT2D eigenvalue weighted by molar-refractivity contribution is 5.98. The highest BCUT2D eigenvalue weighted by atomic mass is 19.1. The van der Waals surface area contributed by atoms with Gasteiger partial charge in [0.1, 0.15) is 11.3 Å². The Morgan fingerprint density at radius 1 is 1.25 bits per heavy atom. The van der Waals surface area contributed by atoms with Gasteiger partial charge in [-0.3, -0.25) is 14.6 Å². The van der Waals surface area contributed by atoms with Crippen LogP contribution in [0.4, 0.5) is 4.39 Å². The molecule has 32 heavy (non-hydrogen) atoms. The van der Waals surface area contributed by atoms with E-state index in [1.165, 1.54) is 29.9 Å². The number of nitrogens with zero attached hydrogens (tertiary/aromatic N) is 2. The maximum atomic E-state index is 13.8. The SMILES string of the molecule is CCOC(=O)c1c(O)c2ncc(Cc3ccc(F)cc3CCC(=O)NC)cc2n(C)c1=O. The van der Waals surface area contributed by atoms with Crippen LogP contribution < -0.4 is 10.9 Å². The number of aryl methyl sites for hydroxylation is 2. The Morgan fingerprint density at radius 2 is 2.00 bits per heavy atom. The van der Waals surface area contributed by atoms with E-state index in [-0.39, 0.29) is 24.5 Å². The molecule has 0 fully saturated rings. The molecule has 0 atom stereocenters. The van der Waals surface area contributed by atoms with Gasteiger partial charge in [0.15, 0.2) is 11.3 Å².